The predicted molar refractivity (Wildman–Crippen MR) is 197 cm³/mol. The maximum absolute atomic E-state index is 16.9. The van der Waals surface area contributed by atoms with Crippen LogP contribution in [0.2, 0.25) is 5.02 Å². The zero-order valence-electron chi connectivity index (χ0n) is 30.0. The Balaban J connectivity index is 1.24. The lowest BCUT2D eigenvalue weighted by molar-refractivity contribution is -0.149. The SMILES string of the molecule is COC(=O)COC1CCN(CCCOc2nc(N3CCN(C(=O)OC(C)(C)C)CC3)c3cc(Cl)c(-c4cc(O)cc5ccccc45)c(F)c3n2)CC1. The molecule has 0 bridgehead atoms. The lowest BCUT2D eigenvalue weighted by Gasteiger charge is -2.36. The van der Waals surface area contributed by atoms with Crippen molar-refractivity contribution in [3.63, 3.8) is 0 Å². The molecular formula is C38H45ClFN5O7. The number of amides is 1. The van der Waals surface area contributed by atoms with E-state index in [4.69, 9.17) is 30.8 Å². The number of methoxy groups -OCH3 is 1. The molecule has 0 unspecified atom stereocenters. The van der Waals surface area contributed by atoms with Crippen LogP contribution in [0.4, 0.5) is 15.0 Å². The number of carbonyl (C=O) groups excluding carboxylic acids is 2. The maximum atomic E-state index is 16.9. The number of piperazine rings is 1. The lowest BCUT2D eigenvalue weighted by atomic mass is 9.96. The van der Waals surface area contributed by atoms with Gasteiger partial charge in [0.1, 0.15) is 29.3 Å². The average Bonchev–Trinajstić information content (AvgIpc) is 3.12. The number of phenols is 1. The summed E-state index contributed by atoms with van der Waals surface area (Å²) < 4.78 is 38.8. The van der Waals surface area contributed by atoms with Crippen molar-refractivity contribution < 1.29 is 38.0 Å². The van der Waals surface area contributed by atoms with Gasteiger partial charge in [0, 0.05) is 56.8 Å². The highest BCUT2D eigenvalue weighted by atomic mass is 35.5. The fourth-order valence-corrected chi connectivity index (χ4v) is 6.93. The van der Waals surface area contributed by atoms with E-state index in [1.54, 1.807) is 17.0 Å². The molecule has 0 spiro atoms. The third kappa shape index (κ3) is 8.76. The monoisotopic (exact) mass is 737 g/mol. The number of aromatic hydroxyl groups is 1. The van der Waals surface area contributed by atoms with E-state index in [-0.39, 0.29) is 46.5 Å². The Bertz CT molecular complexity index is 1920. The van der Waals surface area contributed by atoms with Gasteiger partial charge in [0.15, 0.2) is 5.82 Å². The van der Waals surface area contributed by atoms with Crippen LogP contribution in [0.5, 0.6) is 11.8 Å². The molecule has 2 aliphatic heterocycles. The number of likely N-dealkylation sites (tertiary alicyclic amines) is 1. The number of halogens is 2. The van der Waals surface area contributed by atoms with Crippen LogP contribution >= 0.6 is 11.6 Å². The van der Waals surface area contributed by atoms with Crippen LogP contribution in [0.25, 0.3) is 32.8 Å². The van der Waals surface area contributed by atoms with Gasteiger partial charge in [-0.3, -0.25) is 0 Å². The Labute approximate surface area is 307 Å². The van der Waals surface area contributed by atoms with Crippen LogP contribution in [-0.2, 0) is 19.0 Å². The van der Waals surface area contributed by atoms with Crippen molar-refractivity contribution in [3.8, 4) is 22.9 Å². The minimum Gasteiger partial charge on any atom is -0.508 e. The number of carbonyl (C=O) groups is 2. The molecule has 1 N–H and O–H groups in total. The second kappa shape index (κ2) is 16.1. The van der Waals surface area contributed by atoms with Gasteiger partial charge in [-0.05, 0) is 74.6 Å². The highest BCUT2D eigenvalue weighted by Crippen LogP contribution is 2.42. The van der Waals surface area contributed by atoms with Crippen molar-refractivity contribution in [2.24, 2.45) is 0 Å². The summed E-state index contributed by atoms with van der Waals surface area (Å²) in [5.74, 6) is -0.603. The predicted octanol–water partition coefficient (Wildman–Crippen LogP) is 6.43. The van der Waals surface area contributed by atoms with Crippen LogP contribution in [0.15, 0.2) is 42.5 Å². The van der Waals surface area contributed by atoms with Gasteiger partial charge < -0.3 is 38.8 Å². The first kappa shape index (κ1) is 37.3. The number of aromatic nitrogens is 2. The van der Waals surface area contributed by atoms with E-state index in [0.717, 1.165) is 43.2 Å². The zero-order chi connectivity index (χ0) is 37.0. The largest absolute Gasteiger partial charge is 0.508 e. The van der Waals surface area contributed by atoms with E-state index in [0.29, 0.717) is 56.0 Å². The van der Waals surface area contributed by atoms with E-state index < -0.39 is 17.5 Å². The normalized spacial score (nSPS) is 16.0. The molecular weight excluding hydrogens is 693 g/mol. The van der Waals surface area contributed by atoms with Crippen LogP contribution in [0.3, 0.4) is 0 Å². The van der Waals surface area contributed by atoms with Crippen molar-refractivity contribution in [1.29, 1.82) is 0 Å². The topological polar surface area (TPSA) is 127 Å². The molecule has 14 heteroatoms. The summed E-state index contributed by atoms with van der Waals surface area (Å²) in [6.07, 6.45) is 1.94. The molecule has 0 aliphatic carbocycles. The lowest BCUT2D eigenvalue weighted by Crippen LogP contribution is -2.50. The molecule has 4 aromatic rings. The Kier molecular flexibility index (Phi) is 11.5. The number of esters is 1. The molecule has 1 aromatic heterocycles. The summed E-state index contributed by atoms with van der Waals surface area (Å²) in [7, 11) is 1.34. The minimum atomic E-state index is -0.656. The minimum absolute atomic E-state index is 0.0162. The van der Waals surface area contributed by atoms with Gasteiger partial charge in [0.25, 0.3) is 0 Å². The first-order chi connectivity index (χ1) is 24.9. The Morgan fingerprint density at radius 3 is 2.44 bits per heavy atom. The molecule has 278 valence electrons. The number of phenolic OH excluding ortho intramolecular Hbond substituents is 1. The highest BCUT2D eigenvalue weighted by molar-refractivity contribution is 6.35. The summed E-state index contributed by atoms with van der Waals surface area (Å²) in [5.41, 5.74) is -0.0266. The molecule has 3 heterocycles. The Hall–Kier alpha value is -4.46. The van der Waals surface area contributed by atoms with E-state index in [9.17, 15) is 14.7 Å². The number of fused-ring (bicyclic) bond motifs is 2. The summed E-state index contributed by atoms with van der Waals surface area (Å²) in [6.45, 7) is 9.77. The van der Waals surface area contributed by atoms with Gasteiger partial charge in [-0.1, -0.05) is 35.9 Å². The van der Waals surface area contributed by atoms with E-state index >= 15 is 4.39 Å². The maximum Gasteiger partial charge on any atom is 0.410 e. The second-order valence-corrected chi connectivity index (χ2v) is 14.5. The number of anilines is 1. The quantitative estimate of drug-likeness (QED) is 0.143. The molecule has 2 fully saturated rings. The first-order valence-corrected chi connectivity index (χ1v) is 18.0. The van der Waals surface area contributed by atoms with Crippen molar-refractivity contribution in [2.45, 2.75) is 51.7 Å². The van der Waals surface area contributed by atoms with Gasteiger partial charge in [0.2, 0.25) is 0 Å². The third-order valence-electron chi connectivity index (χ3n) is 9.24. The molecule has 0 saturated carbocycles. The molecule has 0 radical (unpaired) electrons. The fourth-order valence-electron chi connectivity index (χ4n) is 6.64. The zero-order valence-corrected chi connectivity index (χ0v) is 30.7. The summed E-state index contributed by atoms with van der Waals surface area (Å²) in [5, 5.41) is 12.6. The Morgan fingerprint density at radius 2 is 1.73 bits per heavy atom. The number of hydrogen-bond acceptors (Lipinski definition) is 11. The van der Waals surface area contributed by atoms with Gasteiger partial charge >= 0.3 is 18.1 Å². The van der Waals surface area contributed by atoms with Gasteiger partial charge in [0.05, 0.1) is 24.8 Å². The second-order valence-electron chi connectivity index (χ2n) is 14.1. The molecule has 0 atom stereocenters. The first-order valence-electron chi connectivity index (χ1n) is 17.6. The van der Waals surface area contributed by atoms with Gasteiger partial charge in [-0.15, -0.1) is 0 Å². The van der Waals surface area contributed by atoms with Crippen molar-refractivity contribution in [1.82, 2.24) is 19.8 Å². The van der Waals surface area contributed by atoms with Crippen molar-refractivity contribution in [3.05, 3.63) is 53.3 Å². The molecule has 52 heavy (non-hydrogen) atoms. The van der Waals surface area contributed by atoms with Crippen LogP contribution < -0.4 is 9.64 Å². The van der Waals surface area contributed by atoms with Crippen molar-refractivity contribution >= 4 is 51.2 Å². The standard InChI is InChI=1S/C38H45ClFN5O7/c1-38(2,3)52-37(48)45-17-15-44(16-18-45)35-29-22-30(39)32(28-21-25(46)20-24-8-5-6-9-27(24)28)33(40)34(29)41-36(42-35)50-19-7-12-43-13-10-26(11-14-43)51-23-31(47)49-4/h5-6,8-9,20-22,26,46H,7,10-19,23H2,1-4H3. The number of rotatable bonds is 10. The fraction of sp³-hybridized carbons (Fsp3) is 0.474. The molecule has 2 aliphatic rings. The number of nitrogens with zero attached hydrogens (tertiary/aromatic N) is 5. The summed E-state index contributed by atoms with van der Waals surface area (Å²) in [6, 6.07) is 12.2. The molecule has 6 rings (SSSR count). The van der Waals surface area contributed by atoms with E-state index in [1.165, 1.54) is 13.2 Å². The van der Waals surface area contributed by atoms with Crippen LogP contribution in [0.1, 0.15) is 40.0 Å². The number of piperidine rings is 1. The molecule has 2 saturated heterocycles. The van der Waals surface area contributed by atoms with Gasteiger partial charge in [-0.25, -0.2) is 14.0 Å². The van der Waals surface area contributed by atoms with E-state index in [2.05, 4.69) is 14.6 Å². The third-order valence-corrected chi connectivity index (χ3v) is 9.54. The van der Waals surface area contributed by atoms with Crippen molar-refractivity contribution in [2.75, 3.05) is 71.0 Å². The number of hydrogen-bond donors (Lipinski definition) is 1. The molecule has 3 aromatic carbocycles. The summed E-state index contributed by atoms with van der Waals surface area (Å²) >= 11 is 6.87. The highest BCUT2D eigenvalue weighted by Gasteiger charge is 2.29. The average molecular weight is 738 g/mol. The summed E-state index contributed by atoms with van der Waals surface area (Å²) in [4.78, 5) is 39.4. The molecule has 12 nitrogen and oxygen atoms in total. The van der Waals surface area contributed by atoms with E-state index in [1.807, 2.05) is 49.9 Å². The number of ether oxygens (including phenoxy) is 4. The number of benzene rings is 3. The van der Waals surface area contributed by atoms with Crippen LogP contribution in [0, 0.1) is 5.82 Å². The Morgan fingerprint density at radius 1 is 1.00 bits per heavy atom. The van der Waals surface area contributed by atoms with Crippen LogP contribution in [-0.4, -0.2) is 115 Å². The smallest absolute Gasteiger partial charge is 0.410 e. The van der Waals surface area contributed by atoms with Gasteiger partial charge in [-0.2, -0.15) is 9.97 Å². The molecule has 1 amide bonds.